The number of carbonyl (C=O) groups excluding carboxylic acids is 1. The van der Waals surface area contributed by atoms with Crippen LogP contribution in [-0.2, 0) is 16.0 Å². The van der Waals surface area contributed by atoms with Gasteiger partial charge in [0, 0.05) is 31.5 Å². The first-order valence-electron chi connectivity index (χ1n) is 7.98. The molecule has 5 nitrogen and oxygen atoms in total. The number of hydrogen-bond acceptors (Lipinski definition) is 3. The fraction of sp³-hybridized carbons (Fsp3) is 0.529. The average molecular weight is 321 g/mol. The normalized spacial score (nSPS) is 23.3. The third-order valence-electron chi connectivity index (χ3n) is 4.57. The van der Waals surface area contributed by atoms with Crippen LogP contribution in [0.2, 0.25) is 0 Å². The minimum atomic E-state index is -0.801. The summed E-state index contributed by atoms with van der Waals surface area (Å²) in [6.07, 6.45) is 2.36. The third kappa shape index (κ3) is 3.63. The molecule has 6 heteroatoms. The molecule has 124 valence electrons. The molecule has 0 bridgehead atoms. The van der Waals surface area contributed by atoms with E-state index in [9.17, 15) is 14.0 Å². The Bertz CT molecular complexity index is 619. The minimum absolute atomic E-state index is 0.0818. The standard InChI is InChI=1S/C17H20FNO4/c18-13-4-5-14-12(8-13)9-15(23-14)17(22)19-7-1-2-11(10-19)3-6-16(20)21/h4-5,8,11,15H,1-3,6-7,9-10H2,(H,20,21). The molecule has 2 aliphatic heterocycles. The van der Waals surface area contributed by atoms with Crippen molar-refractivity contribution in [3.8, 4) is 5.75 Å². The largest absolute Gasteiger partial charge is 0.481 e. The van der Waals surface area contributed by atoms with Crippen LogP contribution in [0.4, 0.5) is 4.39 Å². The van der Waals surface area contributed by atoms with Crippen LogP contribution in [0.5, 0.6) is 5.75 Å². The van der Waals surface area contributed by atoms with Crippen molar-refractivity contribution in [3.63, 3.8) is 0 Å². The number of carboxylic acids is 1. The summed E-state index contributed by atoms with van der Waals surface area (Å²) in [4.78, 5) is 25.1. The Morgan fingerprint density at radius 3 is 3.00 bits per heavy atom. The number of likely N-dealkylation sites (tertiary alicyclic amines) is 1. The van der Waals surface area contributed by atoms with Crippen LogP contribution in [0.3, 0.4) is 0 Å². The predicted octanol–water partition coefficient (Wildman–Crippen LogP) is 2.23. The number of rotatable bonds is 4. The topological polar surface area (TPSA) is 66.8 Å². The van der Waals surface area contributed by atoms with Crippen LogP contribution in [-0.4, -0.2) is 41.1 Å². The highest BCUT2D eigenvalue weighted by molar-refractivity contribution is 5.82. The van der Waals surface area contributed by atoms with Crippen molar-refractivity contribution in [2.24, 2.45) is 5.92 Å². The number of fused-ring (bicyclic) bond motifs is 1. The number of halogens is 1. The molecule has 1 aromatic carbocycles. The molecule has 23 heavy (non-hydrogen) atoms. The van der Waals surface area contributed by atoms with Crippen molar-refractivity contribution in [1.29, 1.82) is 0 Å². The lowest BCUT2D eigenvalue weighted by Crippen LogP contribution is -2.46. The van der Waals surface area contributed by atoms with Gasteiger partial charge in [-0.1, -0.05) is 0 Å². The number of aliphatic carboxylic acids is 1. The number of benzene rings is 1. The van der Waals surface area contributed by atoms with E-state index in [1.165, 1.54) is 12.1 Å². The van der Waals surface area contributed by atoms with Crippen molar-refractivity contribution in [2.45, 2.75) is 38.2 Å². The zero-order chi connectivity index (χ0) is 16.4. The zero-order valence-electron chi connectivity index (χ0n) is 12.8. The van der Waals surface area contributed by atoms with Crippen molar-refractivity contribution in [2.75, 3.05) is 13.1 Å². The summed E-state index contributed by atoms with van der Waals surface area (Å²) in [7, 11) is 0. The second kappa shape index (κ2) is 6.56. The first-order valence-corrected chi connectivity index (χ1v) is 7.98. The minimum Gasteiger partial charge on any atom is -0.481 e. The average Bonchev–Trinajstić information content (AvgIpc) is 2.95. The molecule has 1 fully saturated rings. The van der Waals surface area contributed by atoms with E-state index < -0.39 is 12.1 Å². The maximum atomic E-state index is 13.2. The van der Waals surface area contributed by atoms with Crippen LogP contribution < -0.4 is 4.74 Å². The molecule has 0 aliphatic carbocycles. The highest BCUT2D eigenvalue weighted by atomic mass is 19.1. The van der Waals surface area contributed by atoms with Gasteiger partial charge in [-0.3, -0.25) is 9.59 Å². The molecule has 1 aromatic rings. The van der Waals surface area contributed by atoms with Crippen molar-refractivity contribution in [1.82, 2.24) is 4.90 Å². The van der Waals surface area contributed by atoms with Gasteiger partial charge in [0.05, 0.1) is 0 Å². The molecule has 0 radical (unpaired) electrons. The quantitative estimate of drug-likeness (QED) is 0.923. The molecule has 2 heterocycles. The Morgan fingerprint density at radius 1 is 1.39 bits per heavy atom. The van der Waals surface area contributed by atoms with E-state index in [1.807, 2.05) is 0 Å². The lowest BCUT2D eigenvalue weighted by molar-refractivity contribution is -0.140. The lowest BCUT2D eigenvalue weighted by atomic mass is 9.93. The fourth-order valence-electron chi connectivity index (χ4n) is 3.39. The van der Waals surface area contributed by atoms with Crippen molar-refractivity contribution in [3.05, 3.63) is 29.6 Å². The van der Waals surface area contributed by atoms with Crippen LogP contribution in [0.25, 0.3) is 0 Å². The Kier molecular flexibility index (Phi) is 4.50. The molecule has 0 spiro atoms. The molecule has 1 saturated heterocycles. The summed E-state index contributed by atoms with van der Waals surface area (Å²) in [6, 6.07) is 4.30. The summed E-state index contributed by atoms with van der Waals surface area (Å²) >= 11 is 0. The monoisotopic (exact) mass is 321 g/mol. The molecule has 0 saturated carbocycles. The maximum absolute atomic E-state index is 13.2. The number of ether oxygens (including phenoxy) is 1. The molecule has 0 aromatic heterocycles. The lowest BCUT2D eigenvalue weighted by Gasteiger charge is -2.34. The summed E-state index contributed by atoms with van der Waals surface area (Å²) in [5.74, 6) is -0.409. The smallest absolute Gasteiger partial charge is 0.303 e. The molecular weight excluding hydrogens is 301 g/mol. The molecule has 1 amide bonds. The number of piperidine rings is 1. The molecular formula is C17H20FNO4. The van der Waals surface area contributed by atoms with Gasteiger partial charge in [0.15, 0.2) is 6.10 Å². The van der Waals surface area contributed by atoms with E-state index in [0.29, 0.717) is 31.7 Å². The molecule has 2 aliphatic rings. The van der Waals surface area contributed by atoms with Gasteiger partial charge in [-0.15, -0.1) is 0 Å². The first kappa shape index (κ1) is 15.8. The van der Waals surface area contributed by atoms with E-state index >= 15 is 0 Å². The van der Waals surface area contributed by atoms with Crippen molar-refractivity contribution >= 4 is 11.9 Å². The summed E-state index contributed by atoms with van der Waals surface area (Å²) in [5.41, 5.74) is 0.725. The molecule has 2 atom stereocenters. The Hall–Kier alpha value is -2.11. The van der Waals surface area contributed by atoms with E-state index in [1.54, 1.807) is 11.0 Å². The van der Waals surface area contributed by atoms with Gasteiger partial charge in [0.25, 0.3) is 5.91 Å². The molecule has 3 rings (SSSR count). The highest BCUT2D eigenvalue weighted by Gasteiger charge is 2.34. The van der Waals surface area contributed by atoms with Crippen LogP contribution >= 0.6 is 0 Å². The number of nitrogens with zero attached hydrogens (tertiary/aromatic N) is 1. The molecule has 2 unspecified atom stereocenters. The van der Waals surface area contributed by atoms with Crippen LogP contribution in [0, 0.1) is 11.7 Å². The van der Waals surface area contributed by atoms with Crippen molar-refractivity contribution < 1.29 is 23.8 Å². The van der Waals surface area contributed by atoms with Crippen LogP contribution in [0.15, 0.2) is 18.2 Å². The summed E-state index contributed by atoms with van der Waals surface area (Å²) < 4.78 is 18.9. The Morgan fingerprint density at radius 2 is 2.22 bits per heavy atom. The van der Waals surface area contributed by atoms with Gasteiger partial charge in [0.2, 0.25) is 0 Å². The third-order valence-corrected chi connectivity index (χ3v) is 4.57. The van der Waals surface area contributed by atoms with Crippen LogP contribution in [0.1, 0.15) is 31.2 Å². The highest BCUT2D eigenvalue weighted by Crippen LogP contribution is 2.31. The van der Waals surface area contributed by atoms with Gasteiger partial charge in [-0.05, 0) is 43.4 Å². The van der Waals surface area contributed by atoms with E-state index in [2.05, 4.69) is 0 Å². The second-order valence-electron chi connectivity index (χ2n) is 6.29. The maximum Gasteiger partial charge on any atom is 0.303 e. The predicted molar refractivity (Wildman–Crippen MR) is 80.7 cm³/mol. The van der Waals surface area contributed by atoms with Gasteiger partial charge >= 0.3 is 5.97 Å². The van der Waals surface area contributed by atoms with Gasteiger partial charge < -0.3 is 14.7 Å². The summed E-state index contributed by atoms with van der Waals surface area (Å²) in [5, 5.41) is 8.78. The Labute approximate surface area is 134 Å². The number of hydrogen-bond donors (Lipinski definition) is 1. The number of carbonyl (C=O) groups is 2. The van der Waals surface area contributed by atoms with E-state index in [0.717, 1.165) is 18.4 Å². The second-order valence-corrected chi connectivity index (χ2v) is 6.29. The van der Waals surface area contributed by atoms with E-state index in [-0.39, 0.29) is 24.1 Å². The number of carboxylic acid groups (broad SMARTS) is 1. The first-order chi connectivity index (χ1) is 11.0. The van der Waals surface area contributed by atoms with E-state index in [4.69, 9.17) is 9.84 Å². The fourth-order valence-corrected chi connectivity index (χ4v) is 3.39. The summed E-state index contributed by atoms with van der Waals surface area (Å²) in [6.45, 7) is 1.25. The van der Waals surface area contributed by atoms with Gasteiger partial charge in [-0.2, -0.15) is 0 Å². The van der Waals surface area contributed by atoms with Gasteiger partial charge in [0.1, 0.15) is 11.6 Å². The number of amides is 1. The molecule has 1 N–H and O–H groups in total. The van der Waals surface area contributed by atoms with Gasteiger partial charge in [-0.25, -0.2) is 4.39 Å². The zero-order valence-corrected chi connectivity index (χ0v) is 12.8. The SMILES string of the molecule is O=C(O)CCC1CCCN(C(=O)C2Cc3cc(F)ccc3O2)C1. The Balaban J connectivity index is 1.59.